The van der Waals surface area contributed by atoms with Gasteiger partial charge >= 0.3 is 6.36 Å². The Morgan fingerprint density at radius 2 is 1.94 bits per heavy atom. The minimum Gasteiger partial charge on any atom is -0.404 e. The number of aromatic nitrogens is 2. The Labute approximate surface area is 209 Å². The normalized spacial score (nSPS) is 15.9. The minimum absolute atomic E-state index is 0.111. The number of benzene rings is 1. The molecule has 0 saturated carbocycles. The molecule has 1 aliphatic heterocycles. The summed E-state index contributed by atoms with van der Waals surface area (Å²) in [5, 5.41) is 2.94. The number of nitrogens with one attached hydrogen (secondary N) is 1. The predicted octanol–water partition coefficient (Wildman–Crippen LogP) is 4.11. The van der Waals surface area contributed by atoms with Crippen LogP contribution in [0.15, 0.2) is 24.4 Å². The first-order valence-electron chi connectivity index (χ1n) is 11.5. The second-order valence-corrected chi connectivity index (χ2v) is 10.1. The molecule has 1 saturated heterocycles. The average molecular weight is 519 g/mol. The molecule has 2 aromatic heterocycles. The third-order valence-corrected chi connectivity index (χ3v) is 7.61. The van der Waals surface area contributed by atoms with Gasteiger partial charge in [-0.05, 0) is 56.1 Å². The zero-order valence-electron chi connectivity index (χ0n) is 19.8. The molecule has 1 fully saturated rings. The fourth-order valence-corrected chi connectivity index (χ4v) is 5.89. The smallest absolute Gasteiger partial charge is 0.404 e. The van der Waals surface area contributed by atoms with Crippen LogP contribution in [-0.4, -0.2) is 60.4 Å². The molecule has 12 heteroatoms. The third kappa shape index (κ3) is 4.82. The number of likely N-dealkylation sites (N-methyl/N-ethyl adjacent to an activating group) is 1. The molecule has 36 heavy (non-hydrogen) atoms. The minimum atomic E-state index is -4.85. The van der Waals surface area contributed by atoms with Gasteiger partial charge in [-0.2, -0.15) is 0 Å². The zero-order valence-corrected chi connectivity index (χ0v) is 20.6. The molecule has 1 amide bonds. The van der Waals surface area contributed by atoms with E-state index in [1.165, 1.54) is 17.4 Å². The Morgan fingerprint density at radius 3 is 2.64 bits per heavy atom. The largest absolute Gasteiger partial charge is 0.573 e. The molecule has 0 radical (unpaired) electrons. The number of aryl methyl sites for hydroxylation is 2. The predicted molar refractivity (Wildman–Crippen MR) is 132 cm³/mol. The lowest BCUT2D eigenvalue weighted by atomic mass is 9.93. The highest BCUT2D eigenvalue weighted by Crippen LogP contribution is 2.42. The van der Waals surface area contributed by atoms with Crippen LogP contribution in [-0.2, 0) is 12.8 Å². The maximum atomic E-state index is 13.1. The lowest BCUT2D eigenvalue weighted by molar-refractivity contribution is -0.274. The summed E-state index contributed by atoms with van der Waals surface area (Å²) in [7, 11) is 2.03. The van der Waals surface area contributed by atoms with Gasteiger partial charge in [-0.15, -0.1) is 24.5 Å². The van der Waals surface area contributed by atoms with Gasteiger partial charge in [0.15, 0.2) is 5.75 Å². The molecule has 5 rings (SSSR count). The summed E-state index contributed by atoms with van der Waals surface area (Å²) < 4.78 is 43.6. The van der Waals surface area contributed by atoms with Gasteiger partial charge in [0, 0.05) is 42.9 Å². The van der Waals surface area contributed by atoms with E-state index < -0.39 is 12.3 Å². The van der Waals surface area contributed by atoms with Crippen LogP contribution < -0.4 is 20.7 Å². The number of nitrogens with zero attached hydrogens (tertiary/aromatic N) is 4. The summed E-state index contributed by atoms with van der Waals surface area (Å²) >= 11 is 1.43. The van der Waals surface area contributed by atoms with Crippen LogP contribution >= 0.6 is 11.3 Å². The molecule has 1 aliphatic carbocycles. The van der Waals surface area contributed by atoms with Gasteiger partial charge in [-0.1, -0.05) is 0 Å². The van der Waals surface area contributed by atoms with Crippen LogP contribution in [0.3, 0.4) is 0 Å². The number of alkyl halides is 3. The van der Waals surface area contributed by atoms with E-state index in [1.54, 1.807) is 18.3 Å². The number of thiophene rings is 1. The molecule has 0 unspecified atom stereocenters. The Kier molecular flexibility index (Phi) is 6.25. The van der Waals surface area contributed by atoms with E-state index in [9.17, 15) is 18.0 Å². The van der Waals surface area contributed by atoms with E-state index >= 15 is 0 Å². The van der Waals surface area contributed by atoms with Gasteiger partial charge in [0.25, 0.3) is 0 Å². The molecule has 2 aliphatic rings. The van der Waals surface area contributed by atoms with Crippen LogP contribution in [0.2, 0.25) is 0 Å². The SMILES string of the molecule is Cc1sc2c(c1C(N)=O)CCc1cnc(Nc3cc(N4CCN(C)CC4)ccc3OC(F)(F)F)nc1-2. The summed E-state index contributed by atoms with van der Waals surface area (Å²) in [6.45, 7) is 5.06. The highest BCUT2D eigenvalue weighted by atomic mass is 32.1. The summed E-state index contributed by atoms with van der Waals surface area (Å²) in [6, 6.07) is 4.56. The van der Waals surface area contributed by atoms with Crippen molar-refractivity contribution in [3.63, 3.8) is 0 Å². The Balaban J connectivity index is 1.50. The molecule has 8 nitrogen and oxygen atoms in total. The fraction of sp³-hybridized carbons (Fsp3) is 0.375. The molecule has 0 atom stereocenters. The lowest BCUT2D eigenvalue weighted by Crippen LogP contribution is -2.44. The van der Waals surface area contributed by atoms with Crippen molar-refractivity contribution in [2.75, 3.05) is 43.4 Å². The third-order valence-electron chi connectivity index (χ3n) is 6.46. The number of anilines is 3. The van der Waals surface area contributed by atoms with Crippen molar-refractivity contribution in [3.8, 4) is 16.3 Å². The zero-order chi connectivity index (χ0) is 25.6. The van der Waals surface area contributed by atoms with Crippen molar-refractivity contribution in [3.05, 3.63) is 46.0 Å². The lowest BCUT2D eigenvalue weighted by Gasteiger charge is -2.34. The number of nitrogens with two attached hydrogens (primary N) is 1. The van der Waals surface area contributed by atoms with Crippen LogP contribution in [0, 0.1) is 6.92 Å². The fourth-order valence-electron chi connectivity index (χ4n) is 4.66. The van der Waals surface area contributed by atoms with E-state index in [2.05, 4.69) is 29.8 Å². The van der Waals surface area contributed by atoms with Gasteiger partial charge in [-0.3, -0.25) is 4.79 Å². The molecular formula is C24H25F3N6O2S. The highest BCUT2D eigenvalue weighted by molar-refractivity contribution is 7.16. The van der Waals surface area contributed by atoms with Gasteiger partial charge in [0.05, 0.1) is 21.8 Å². The monoisotopic (exact) mass is 518 g/mol. The maximum Gasteiger partial charge on any atom is 0.573 e. The van der Waals surface area contributed by atoms with Crippen molar-refractivity contribution in [2.24, 2.45) is 5.73 Å². The standard InChI is InChI=1S/C24H25F3N6O2S/c1-13-19(22(28)34)16-5-3-14-12-29-23(31-20(14)21(16)36-13)30-17-11-15(33-9-7-32(2)8-10-33)4-6-18(17)35-24(25,26)27/h4,6,11-12H,3,5,7-10H2,1-2H3,(H2,28,34)(H,29,30,31). The van der Waals surface area contributed by atoms with Gasteiger partial charge < -0.3 is 25.6 Å². The number of piperazine rings is 1. The van der Waals surface area contributed by atoms with Gasteiger partial charge in [-0.25, -0.2) is 9.97 Å². The number of hydrogen-bond donors (Lipinski definition) is 2. The van der Waals surface area contributed by atoms with E-state index in [0.29, 0.717) is 24.1 Å². The van der Waals surface area contributed by atoms with E-state index in [-0.39, 0.29) is 17.4 Å². The van der Waals surface area contributed by atoms with Crippen LogP contribution in [0.1, 0.15) is 26.4 Å². The summed E-state index contributed by atoms with van der Waals surface area (Å²) in [4.78, 5) is 26.9. The van der Waals surface area contributed by atoms with E-state index in [1.807, 2.05) is 14.0 Å². The summed E-state index contributed by atoms with van der Waals surface area (Å²) in [6.07, 6.45) is -1.89. The van der Waals surface area contributed by atoms with Crippen LogP contribution in [0.5, 0.6) is 5.75 Å². The first-order valence-corrected chi connectivity index (χ1v) is 12.3. The number of carbonyl (C=O) groups excluding carboxylic acids is 1. The second kappa shape index (κ2) is 9.25. The molecule has 1 aromatic carbocycles. The molecule has 3 N–H and O–H groups in total. The number of amides is 1. The van der Waals surface area contributed by atoms with Crippen LogP contribution in [0.25, 0.3) is 10.6 Å². The van der Waals surface area contributed by atoms with Crippen molar-refractivity contribution in [1.82, 2.24) is 14.9 Å². The number of carbonyl (C=O) groups is 1. The molecule has 0 spiro atoms. The Morgan fingerprint density at radius 1 is 1.19 bits per heavy atom. The number of primary amides is 1. The quantitative estimate of drug-likeness (QED) is 0.525. The molecule has 190 valence electrons. The van der Waals surface area contributed by atoms with Crippen molar-refractivity contribution < 1.29 is 22.7 Å². The average Bonchev–Trinajstić information content (AvgIpc) is 3.16. The van der Waals surface area contributed by atoms with E-state index in [0.717, 1.165) is 52.7 Å². The molecule has 3 aromatic rings. The number of halogens is 3. The van der Waals surface area contributed by atoms with Crippen molar-refractivity contribution >= 4 is 34.6 Å². The van der Waals surface area contributed by atoms with Gasteiger partial charge in [0.2, 0.25) is 11.9 Å². The number of rotatable bonds is 5. The van der Waals surface area contributed by atoms with Crippen molar-refractivity contribution in [2.45, 2.75) is 26.1 Å². The highest BCUT2D eigenvalue weighted by Gasteiger charge is 2.33. The first-order chi connectivity index (χ1) is 17.1. The Hall–Kier alpha value is -3.38. The maximum absolute atomic E-state index is 13.1. The number of fused-ring (bicyclic) bond motifs is 3. The van der Waals surface area contributed by atoms with E-state index in [4.69, 9.17) is 5.73 Å². The summed E-state index contributed by atoms with van der Waals surface area (Å²) in [5.41, 5.74) is 9.43. The molecular weight excluding hydrogens is 493 g/mol. The van der Waals surface area contributed by atoms with Gasteiger partial charge in [0.1, 0.15) is 0 Å². The number of ether oxygens (including phenoxy) is 1. The first kappa shape index (κ1) is 24.3. The Bertz CT molecular complexity index is 1320. The summed E-state index contributed by atoms with van der Waals surface area (Å²) in [5.74, 6) is -0.711. The van der Waals surface area contributed by atoms with Crippen molar-refractivity contribution in [1.29, 1.82) is 0 Å². The second-order valence-electron chi connectivity index (χ2n) is 8.92. The molecule has 0 bridgehead atoms. The van der Waals surface area contributed by atoms with Crippen LogP contribution in [0.4, 0.5) is 30.5 Å². The topological polar surface area (TPSA) is 96.6 Å². The molecule has 3 heterocycles. The number of hydrogen-bond acceptors (Lipinski definition) is 8.